The highest BCUT2D eigenvalue weighted by Gasteiger charge is 2.38. The van der Waals surface area contributed by atoms with Gasteiger partial charge in [-0.1, -0.05) is 26.3 Å². The maximum Gasteiger partial charge on any atom is 0.311 e. The lowest BCUT2D eigenvalue weighted by atomic mass is 9.92. The summed E-state index contributed by atoms with van der Waals surface area (Å²) in [5.41, 5.74) is 0.391. The van der Waals surface area contributed by atoms with Crippen molar-refractivity contribution in [2.45, 2.75) is 77.3 Å². The van der Waals surface area contributed by atoms with Crippen molar-refractivity contribution >= 4 is 23.7 Å². The van der Waals surface area contributed by atoms with Crippen LogP contribution in [0.4, 0.5) is 0 Å². The van der Waals surface area contributed by atoms with Crippen LogP contribution in [-0.2, 0) is 25.5 Å². The average Bonchev–Trinajstić information content (AvgIpc) is 2.94. The zero-order chi connectivity index (χ0) is 29.4. The van der Waals surface area contributed by atoms with E-state index in [-0.39, 0.29) is 30.2 Å². The summed E-state index contributed by atoms with van der Waals surface area (Å²) in [7, 11) is 0. The largest absolute Gasteiger partial charge is 0.505 e. The zero-order valence-electron chi connectivity index (χ0n) is 23.0. The van der Waals surface area contributed by atoms with E-state index in [1.165, 1.54) is 25.3 Å². The van der Waals surface area contributed by atoms with Crippen molar-refractivity contribution in [1.82, 2.24) is 25.9 Å². The van der Waals surface area contributed by atoms with Crippen LogP contribution in [-0.4, -0.2) is 74.2 Å². The Labute approximate surface area is 232 Å². The van der Waals surface area contributed by atoms with E-state index in [1.54, 1.807) is 31.5 Å². The van der Waals surface area contributed by atoms with Crippen LogP contribution in [0.3, 0.4) is 0 Å². The van der Waals surface area contributed by atoms with Gasteiger partial charge in [0.2, 0.25) is 11.8 Å². The summed E-state index contributed by atoms with van der Waals surface area (Å²) in [6.07, 6.45) is 2.93. The van der Waals surface area contributed by atoms with Crippen LogP contribution in [0.5, 0.6) is 5.75 Å². The van der Waals surface area contributed by atoms with E-state index >= 15 is 0 Å². The monoisotopic (exact) mass is 555 g/mol. The predicted molar refractivity (Wildman–Crippen MR) is 144 cm³/mol. The predicted octanol–water partition coefficient (Wildman–Crippen LogP) is 0.871. The number of nitrogens with one attached hydrogen (secondary N) is 3. The molecule has 3 heterocycles. The van der Waals surface area contributed by atoms with Crippen molar-refractivity contribution in [3.05, 3.63) is 54.1 Å². The molecule has 12 heteroatoms. The van der Waals surface area contributed by atoms with E-state index in [1.807, 2.05) is 13.8 Å². The Hall–Kier alpha value is -4.06. The summed E-state index contributed by atoms with van der Waals surface area (Å²) in [6, 6.07) is 2.97. The van der Waals surface area contributed by atoms with Gasteiger partial charge in [-0.3, -0.25) is 24.2 Å². The number of carbonyl (C=O) groups is 4. The molecule has 1 fully saturated rings. The number of aromatic hydroxyl groups is 1. The topological polar surface area (TPSA) is 180 Å². The fourth-order valence-electron chi connectivity index (χ4n) is 4.45. The number of carbonyl (C=O) groups excluding carboxylic acids is 4. The van der Waals surface area contributed by atoms with Gasteiger partial charge < -0.3 is 30.9 Å². The summed E-state index contributed by atoms with van der Waals surface area (Å²) in [5, 5.41) is 29.4. The first kappa shape index (κ1) is 30.5. The number of hydrogen-bond donors (Lipinski definition) is 5. The van der Waals surface area contributed by atoms with Gasteiger partial charge in [-0.25, -0.2) is 4.98 Å². The maximum atomic E-state index is 13.6. The van der Waals surface area contributed by atoms with Crippen molar-refractivity contribution < 1.29 is 34.1 Å². The fourth-order valence-corrected chi connectivity index (χ4v) is 4.45. The molecule has 7 atom stereocenters. The molecule has 5 N–H and O–H groups in total. The van der Waals surface area contributed by atoms with E-state index in [2.05, 4.69) is 25.9 Å². The molecule has 0 aliphatic carbocycles. The first-order valence-electron chi connectivity index (χ1n) is 13.3. The van der Waals surface area contributed by atoms with E-state index in [0.29, 0.717) is 12.0 Å². The van der Waals surface area contributed by atoms with E-state index in [9.17, 15) is 29.4 Å². The van der Waals surface area contributed by atoms with Crippen molar-refractivity contribution in [2.75, 3.05) is 0 Å². The Morgan fingerprint density at radius 1 is 1.18 bits per heavy atom. The van der Waals surface area contributed by atoms with Crippen molar-refractivity contribution in [2.24, 2.45) is 11.8 Å². The number of hydrogen-bond acceptors (Lipinski definition) is 9. The number of amides is 3. The summed E-state index contributed by atoms with van der Waals surface area (Å²) < 4.78 is 5.70. The van der Waals surface area contributed by atoms with Gasteiger partial charge in [0, 0.05) is 18.6 Å². The third-order valence-corrected chi connectivity index (χ3v) is 7.19. The van der Waals surface area contributed by atoms with Crippen molar-refractivity contribution in [3.63, 3.8) is 0 Å². The third-order valence-electron chi connectivity index (χ3n) is 7.19. The third kappa shape index (κ3) is 7.75. The lowest BCUT2D eigenvalue weighted by Gasteiger charge is -2.31. The molecule has 0 aromatic carbocycles. The Morgan fingerprint density at radius 2 is 1.90 bits per heavy atom. The van der Waals surface area contributed by atoms with Crippen molar-refractivity contribution in [3.8, 4) is 5.75 Å². The van der Waals surface area contributed by atoms with Gasteiger partial charge in [-0.05, 0) is 49.9 Å². The number of rotatable bonds is 6. The SMILES string of the molecule is CCC(C)C1CC(=O)NC(C)C(NC(=O)c2ncccc2O)C(=O)NC(Cc2cccnc2)C(O)C(C)C(=O)O1. The van der Waals surface area contributed by atoms with Gasteiger partial charge in [0.05, 0.1) is 30.5 Å². The number of esters is 1. The minimum absolute atomic E-state index is 0.121. The van der Waals surface area contributed by atoms with Gasteiger partial charge in [-0.15, -0.1) is 0 Å². The van der Waals surface area contributed by atoms with Crippen molar-refractivity contribution in [1.29, 1.82) is 0 Å². The molecule has 3 amide bonds. The number of aliphatic hydroxyl groups excluding tert-OH is 1. The second-order valence-corrected chi connectivity index (χ2v) is 10.2. The minimum Gasteiger partial charge on any atom is -0.505 e. The number of aromatic nitrogens is 2. The lowest BCUT2D eigenvalue weighted by molar-refractivity contribution is -0.162. The molecule has 0 radical (unpaired) electrons. The molecule has 2 aromatic heterocycles. The molecule has 1 aliphatic rings. The van der Waals surface area contributed by atoms with Crippen LogP contribution in [0.2, 0.25) is 0 Å². The van der Waals surface area contributed by atoms with Crippen LogP contribution >= 0.6 is 0 Å². The molecule has 3 rings (SSSR count). The molecule has 7 unspecified atom stereocenters. The molecular formula is C28H37N5O7. The zero-order valence-corrected chi connectivity index (χ0v) is 23.0. The first-order valence-corrected chi connectivity index (χ1v) is 13.3. The van der Waals surface area contributed by atoms with E-state index in [4.69, 9.17) is 4.74 Å². The lowest BCUT2D eigenvalue weighted by Crippen LogP contribution is -2.60. The second kappa shape index (κ2) is 13.8. The summed E-state index contributed by atoms with van der Waals surface area (Å²) in [5.74, 6) is -4.33. The van der Waals surface area contributed by atoms with E-state index in [0.717, 1.165) is 0 Å². The Bertz CT molecular complexity index is 1190. The smallest absolute Gasteiger partial charge is 0.311 e. The van der Waals surface area contributed by atoms with Gasteiger partial charge in [0.25, 0.3) is 5.91 Å². The fraction of sp³-hybridized carbons (Fsp3) is 0.500. The highest BCUT2D eigenvalue weighted by molar-refractivity contribution is 5.98. The van der Waals surface area contributed by atoms with Crippen LogP contribution in [0, 0.1) is 11.8 Å². The summed E-state index contributed by atoms with van der Waals surface area (Å²) >= 11 is 0. The first-order chi connectivity index (χ1) is 19.0. The molecule has 2 aromatic rings. The number of ether oxygens (including phenoxy) is 1. The average molecular weight is 556 g/mol. The highest BCUT2D eigenvalue weighted by Crippen LogP contribution is 2.21. The maximum absolute atomic E-state index is 13.6. The molecule has 216 valence electrons. The molecule has 0 spiro atoms. The van der Waals surface area contributed by atoms with Gasteiger partial charge in [0.1, 0.15) is 17.9 Å². The Morgan fingerprint density at radius 3 is 2.55 bits per heavy atom. The molecular weight excluding hydrogens is 518 g/mol. The normalized spacial score (nSPS) is 27.1. The molecule has 0 saturated carbocycles. The number of nitrogens with zero attached hydrogens (tertiary/aromatic N) is 2. The van der Waals surface area contributed by atoms with Gasteiger partial charge in [-0.2, -0.15) is 0 Å². The molecule has 1 saturated heterocycles. The van der Waals surface area contributed by atoms with Crippen LogP contribution in [0.1, 0.15) is 56.6 Å². The number of pyridine rings is 2. The molecule has 40 heavy (non-hydrogen) atoms. The van der Waals surface area contributed by atoms with Gasteiger partial charge >= 0.3 is 5.97 Å². The number of cyclic esters (lactones) is 1. The Balaban J connectivity index is 1.99. The number of aliphatic hydroxyl groups is 1. The van der Waals surface area contributed by atoms with Crippen LogP contribution < -0.4 is 16.0 Å². The highest BCUT2D eigenvalue weighted by atomic mass is 16.5. The molecule has 12 nitrogen and oxygen atoms in total. The summed E-state index contributed by atoms with van der Waals surface area (Å²) in [6.45, 7) is 6.80. The molecule has 0 bridgehead atoms. The van der Waals surface area contributed by atoms with E-state index < -0.39 is 59.9 Å². The van der Waals surface area contributed by atoms with Gasteiger partial charge in [0.15, 0.2) is 5.69 Å². The Kier molecular flexibility index (Phi) is 10.5. The molecule has 1 aliphatic heterocycles. The quantitative estimate of drug-likeness (QED) is 0.323. The minimum atomic E-state index is -1.37. The standard InChI is InChI=1S/C28H37N5O7/c1-5-15(2)21-13-22(35)31-17(4)23(33-27(38)24-20(34)9-7-11-30-24)26(37)32-19(12-18-8-6-10-29-14-18)25(36)16(3)28(39)40-21/h6-11,14-17,19,21,23,25,34,36H,5,12-13H2,1-4H3,(H,31,35)(H,32,37)(H,33,38). The summed E-state index contributed by atoms with van der Waals surface area (Å²) in [4.78, 5) is 60.7. The van der Waals surface area contributed by atoms with Crippen LogP contribution in [0.15, 0.2) is 42.9 Å². The second-order valence-electron chi connectivity index (χ2n) is 10.2. The van der Waals surface area contributed by atoms with Crippen LogP contribution in [0.25, 0.3) is 0 Å².